The lowest BCUT2D eigenvalue weighted by Crippen LogP contribution is -2.44. The molecule has 3 rings (SSSR count). The normalized spacial score (nSPS) is 24.7. The molecule has 0 spiro atoms. The number of ether oxygens (including phenoxy) is 1. The van der Waals surface area contributed by atoms with Crippen LogP contribution in [0.4, 0.5) is 0 Å². The van der Waals surface area contributed by atoms with Crippen molar-refractivity contribution < 1.29 is 14.3 Å². The van der Waals surface area contributed by atoms with E-state index in [-0.39, 0.29) is 11.8 Å². The predicted molar refractivity (Wildman–Crippen MR) is 87.9 cm³/mol. The fourth-order valence-corrected chi connectivity index (χ4v) is 4.15. The summed E-state index contributed by atoms with van der Waals surface area (Å²) in [5, 5.41) is 0. The molecule has 0 aromatic carbocycles. The van der Waals surface area contributed by atoms with E-state index in [2.05, 4.69) is 4.90 Å². The number of hydrogen-bond acceptors (Lipinski definition) is 3. The molecule has 0 unspecified atom stereocenters. The molecule has 1 aliphatic carbocycles. The van der Waals surface area contributed by atoms with Gasteiger partial charge in [0.05, 0.1) is 13.2 Å². The van der Waals surface area contributed by atoms with Gasteiger partial charge < -0.3 is 14.5 Å². The van der Waals surface area contributed by atoms with E-state index in [1.807, 2.05) is 4.90 Å². The van der Waals surface area contributed by atoms with E-state index in [0.717, 1.165) is 51.9 Å². The van der Waals surface area contributed by atoms with Crippen molar-refractivity contribution in [1.82, 2.24) is 9.80 Å². The van der Waals surface area contributed by atoms with Crippen molar-refractivity contribution in [1.29, 1.82) is 0 Å². The maximum absolute atomic E-state index is 12.6. The summed E-state index contributed by atoms with van der Waals surface area (Å²) in [6.07, 6.45) is 8.47. The molecule has 5 nitrogen and oxygen atoms in total. The first-order valence-corrected chi connectivity index (χ1v) is 9.38. The highest BCUT2D eigenvalue weighted by Crippen LogP contribution is 2.28. The van der Waals surface area contributed by atoms with Crippen molar-refractivity contribution in [2.24, 2.45) is 11.8 Å². The molecule has 2 saturated heterocycles. The van der Waals surface area contributed by atoms with E-state index >= 15 is 0 Å². The lowest BCUT2D eigenvalue weighted by atomic mass is 9.86. The Morgan fingerprint density at radius 2 is 1.48 bits per heavy atom. The lowest BCUT2D eigenvalue weighted by Gasteiger charge is -2.36. The van der Waals surface area contributed by atoms with Crippen molar-refractivity contribution in [3.63, 3.8) is 0 Å². The molecular weight excluding hydrogens is 292 g/mol. The Morgan fingerprint density at radius 3 is 2.13 bits per heavy atom. The minimum atomic E-state index is 0.269. The largest absolute Gasteiger partial charge is 0.378 e. The summed E-state index contributed by atoms with van der Waals surface area (Å²) in [6.45, 7) is 4.49. The molecule has 1 saturated carbocycles. The number of carbonyl (C=O) groups excluding carboxylic acids is 2. The average molecular weight is 322 g/mol. The van der Waals surface area contributed by atoms with E-state index in [1.54, 1.807) is 0 Å². The number of morpholine rings is 1. The average Bonchev–Trinajstić information content (AvgIpc) is 2.63. The van der Waals surface area contributed by atoms with Crippen LogP contribution in [0.5, 0.6) is 0 Å². The third kappa shape index (κ3) is 4.46. The summed E-state index contributed by atoms with van der Waals surface area (Å²) < 4.78 is 5.30. The van der Waals surface area contributed by atoms with Gasteiger partial charge in [0.1, 0.15) is 0 Å². The summed E-state index contributed by atoms with van der Waals surface area (Å²) >= 11 is 0. The Kier molecular flexibility index (Phi) is 5.92. The van der Waals surface area contributed by atoms with Crippen LogP contribution in [0.15, 0.2) is 0 Å². The highest BCUT2D eigenvalue weighted by molar-refractivity contribution is 5.79. The van der Waals surface area contributed by atoms with Crippen molar-refractivity contribution >= 4 is 11.8 Å². The third-order valence-electron chi connectivity index (χ3n) is 5.71. The molecule has 130 valence electrons. The smallest absolute Gasteiger partial charge is 0.225 e. The second-order valence-electron chi connectivity index (χ2n) is 7.30. The molecule has 5 heteroatoms. The van der Waals surface area contributed by atoms with Crippen LogP contribution in [-0.4, -0.2) is 61.0 Å². The van der Waals surface area contributed by atoms with Gasteiger partial charge in [-0.1, -0.05) is 19.3 Å². The van der Waals surface area contributed by atoms with Crippen molar-refractivity contribution in [3.8, 4) is 0 Å². The van der Waals surface area contributed by atoms with Crippen LogP contribution >= 0.6 is 0 Å². The molecule has 0 aromatic rings. The summed E-state index contributed by atoms with van der Waals surface area (Å²) in [5.74, 6) is 1.36. The van der Waals surface area contributed by atoms with Crippen molar-refractivity contribution in [2.75, 3.05) is 39.4 Å². The van der Waals surface area contributed by atoms with Gasteiger partial charge in [-0.3, -0.25) is 9.59 Å². The van der Waals surface area contributed by atoms with Crippen molar-refractivity contribution in [2.45, 2.75) is 51.4 Å². The number of hydrogen-bond donors (Lipinski definition) is 0. The Morgan fingerprint density at radius 1 is 0.826 bits per heavy atom. The molecule has 23 heavy (non-hydrogen) atoms. The molecule has 3 fully saturated rings. The predicted octanol–water partition coefficient (Wildman–Crippen LogP) is 2.05. The van der Waals surface area contributed by atoms with Crippen LogP contribution < -0.4 is 0 Å². The van der Waals surface area contributed by atoms with E-state index in [0.29, 0.717) is 31.5 Å². The lowest BCUT2D eigenvalue weighted by molar-refractivity contribution is -0.139. The summed E-state index contributed by atoms with van der Waals surface area (Å²) in [4.78, 5) is 28.9. The zero-order valence-corrected chi connectivity index (χ0v) is 14.2. The first-order chi connectivity index (χ1) is 11.2. The van der Waals surface area contributed by atoms with Crippen LogP contribution in [0.25, 0.3) is 0 Å². The summed E-state index contributed by atoms with van der Waals surface area (Å²) in [5.41, 5.74) is 0. The number of carbonyl (C=O) groups is 2. The standard InChI is InChI=1S/C18H30N2O3/c21-17(19-10-12-23-13-11-19)14-15-6-8-20(9-7-15)18(22)16-4-2-1-3-5-16/h15-16H,1-14H2. The zero-order chi connectivity index (χ0) is 16.1. The molecule has 3 aliphatic rings. The first-order valence-electron chi connectivity index (χ1n) is 9.38. The Labute approximate surface area is 139 Å². The number of rotatable bonds is 3. The van der Waals surface area contributed by atoms with Gasteiger partial charge >= 0.3 is 0 Å². The van der Waals surface area contributed by atoms with Crippen LogP contribution in [0.1, 0.15) is 51.4 Å². The van der Waals surface area contributed by atoms with Gasteiger partial charge in [-0.15, -0.1) is 0 Å². The zero-order valence-electron chi connectivity index (χ0n) is 14.2. The van der Waals surface area contributed by atoms with Gasteiger partial charge in [0.15, 0.2) is 0 Å². The van der Waals surface area contributed by atoms with Crippen LogP contribution in [0.2, 0.25) is 0 Å². The van der Waals surface area contributed by atoms with Gasteiger partial charge in [-0.2, -0.15) is 0 Å². The van der Waals surface area contributed by atoms with E-state index in [4.69, 9.17) is 4.74 Å². The maximum Gasteiger partial charge on any atom is 0.225 e. The molecule has 0 N–H and O–H groups in total. The fourth-order valence-electron chi connectivity index (χ4n) is 4.15. The van der Waals surface area contributed by atoms with Crippen LogP contribution in [0.3, 0.4) is 0 Å². The van der Waals surface area contributed by atoms with E-state index in [9.17, 15) is 9.59 Å². The topological polar surface area (TPSA) is 49.9 Å². The van der Waals surface area contributed by atoms with Gasteiger partial charge in [-0.05, 0) is 31.6 Å². The number of piperidine rings is 1. The monoisotopic (exact) mass is 322 g/mol. The molecule has 0 radical (unpaired) electrons. The second kappa shape index (κ2) is 8.13. The Bertz CT molecular complexity index is 406. The van der Waals surface area contributed by atoms with Crippen LogP contribution in [-0.2, 0) is 14.3 Å². The van der Waals surface area contributed by atoms with Crippen molar-refractivity contribution in [3.05, 3.63) is 0 Å². The number of amides is 2. The van der Waals surface area contributed by atoms with Gasteiger partial charge in [0.2, 0.25) is 11.8 Å². The molecule has 0 bridgehead atoms. The fraction of sp³-hybridized carbons (Fsp3) is 0.889. The summed E-state index contributed by atoms with van der Waals surface area (Å²) in [6, 6.07) is 0. The summed E-state index contributed by atoms with van der Waals surface area (Å²) in [7, 11) is 0. The van der Waals surface area contributed by atoms with Crippen LogP contribution in [0, 0.1) is 11.8 Å². The molecule has 0 atom stereocenters. The highest BCUT2D eigenvalue weighted by Gasteiger charge is 2.30. The number of likely N-dealkylation sites (tertiary alicyclic amines) is 1. The molecular formula is C18H30N2O3. The van der Waals surface area contributed by atoms with E-state index < -0.39 is 0 Å². The highest BCUT2D eigenvalue weighted by atomic mass is 16.5. The van der Waals surface area contributed by atoms with E-state index in [1.165, 1.54) is 19.3 Å². The quantitative estimate of drug-likeness (QED) is 0.799. The number of nitrogens with zero attached hydrogens (tertiary/aromatic N) is 2. The third-order valence-corrected chi connectivity index (χ3v) is 5.71. The molecule has 2 amide bonds. The Balaban J connectivity index is 1.41. The Hall–Kier alpha value is -1.10. The molecule has 2 heterocycles. The molecule has 0 aromatic heterocycles. The minimum Gasteiger partial charge on any atom is -0.378 e. The molecule has 2 aliphatic heterocycles. The minimum absolute atomic E-state index is 0.269. The van der Waals surface area contributed by atoms with Gasteiger partial charge in [-0.25, -0.2) is 0 Å². The second-order valence-corrected chi connectivity index (χ2v) is 7.30. The van der Waals surface area contributed by atoms with Gasteiger partial charge in [0, 0.05) is 38.5 Å². The first kappa shape index (κ1) is 16.7. The maximum atomic E-state index is 12.6. The van der Waals surface area contributed by atoms with Gasteiger partial charge in [0.25, 0.3) is 0 Å². The SMILES string of the molecule is O=C(CC1CCN(C(=O)C2CCCCC2)CC1)N1CCOCC1.